The molecule has 1 aromatic carbocycles. The first-order valence-electron chi connectivity index (χ1n) is 7.49. The molecule has 1 unspecified atom stereocenters. The van der Waals surface area contributed by atoms with E-state index in [1.165, 1.54) is 0 Å². The molecule has 1 aliphatic rings. The zero-order chi connectivity index (χ0) is 18.0. The first-order chi connectivity index (χ1) is 11.9. The molecule has 1 atom stereocenters. The number of hydrogen-bond donors (Lipinski definition) is 2. The van der Waals surface area contributed by atoms with Gasteiger partial charge in [0.25, 0.3) is 5.91 Å². The average Bonchev–Trinajstić information content (AvgIpc) is 2.54. The number of ether oxygens (including phenoxy) is 1. The Labute approximate surface area is 142 Å². The highest BCUT2D eigenvalue weighted by molar-refractivity contribution is 6.03. The Hall–Kier alpha value is -2.87. The molecule has 2 amide bonds. The van der Waals surface area contributed by atoms with Crippen molar-refractivity contribution in [1.29, 1.82) is 0 Å². The Bertz CT molecular complexity index is 844. The van der Waals surface area contributed by atoms with Crippen molar-refractivity contribution in [1.82, 2.24) is 10.3 Å². The van der Waals surface area contributed by atoms with Crippen LogP contribution in [-0.4, -0.2) is 30.0 Å². The molecule has 2 aromatic rings. The number of morpholine rings is 1. The molecule has 1 saturated heterocycles. The molecule has 6 nitrogen and oxygen atoms in total. The van der Waals surface area contributed by atoms with E-state index in [0.717, 1.165) is 6.20 Å². The van der Waals surface area contributed by atoms with E-state index in [0.29, 0.717) is 17.3 Å². The monoisotopic (exact) mass is 347 g/mol. The second kappa shape index (κ2) is 6.56. The van der Waals surface area contributed by atoms with E-state index in [2.05, 4.69) is 15.6 Å². The summed E-state index contributed by atoms with van der Waals surface area (Å²) >= 11 is 0. The number of anilines is 1. The van der Waals surface area contributed by atoms with E-state index in [-0.39, 0.29) is 19.1 Å². The predicted molar refractivity (Wildman–Crippen MR) is 84.9 cm³/mol. The molecule has 130 valence electrons. The zero-order valence-electron chi connectivity index (χ0n) is 13.3. The van der Waals surface area contributed by atoms with Crippen molar-refractivity contribution in [3.8, 4) is 0 Å². The Kier molecular flexibility index (Phi) is 4.45. The fourth-order valence-electron chi connectivity index (χ4n) is 2.60. The smallest absolute Gasteiger partial charge is 0.277 e. The van der Waals surface area contributed by atoms with Crippen molar-refractivity contribution in [2.24, 2.45) is 0 Å². The molecule has 0 spiro atoms. The number of hydrogen-bond acceptors (Lipinski definition) is 4. The van der Waals surface area contributed by atoms with Crippen LogP contribution in [-0.2, 0) is 15.1 Å². The Morgan fingerprint density at radius 1 is 1.36 bits per heavy atom. The van der Waals surface area contributed by atoms with Gasteiger partial charge in [-0.15, -0.1) is 0 Å². The van der Waals surface area contributed by atoms with E-state index in [1.807, 2.05) is 0 Å². The van der Waals surface area contributed by atoms with Crippen LogP contribution in [0.4, 0.5) is 14.5 Å². The maximum absolute atomic E-state index is 13.7. The van der Waals surface area contributed by atoms with Gasteiger partial charge in [0.2, 0.25) is 5.91 Å². The minimum Gasteiger partial charge on any atom is -0.369 e. The average molecular weight is 347 g/mol. The Morgan fingerprint density at radius 3 is 2.88 bits per heavy atom. The van der Waals surface area contributed by atoms with Gasteiger partial charge < -0.3 is 15.4 Å². The van der Waals surface area contributed by atoms with E-state index >= 15 is 0 Å². The van der Waals surface area contributed by atoms with Gasteiger partial charge in [0.05, 0.1) is 18.3 Å². The van der Waals surface area contributed by atoms with Gasteiger partial charge in [-0.25, -0.2) is 13.8 Å². The minimum absolute atomic E-state index is 0.00152. The van der Waals surface area contributed by atoms with Crippen LogP contribution >= 0.6 is 0 Å². The van der Waals surface area contributed by atoms with E-state index < -0.39 is 28.8 Å². The number of pyridine rings is 1. The van der Waals surface area contributed by atoms with Gasteiger partial charge in [-0.05, 0) is 24.6 Å². The lowest BCUT2D eigenvalue weighted by atomic mass is 9.91. The van der Waals surface area contributed by atoms with Gasteiger partial charge >= 0.3 is 0 Å². The van der Waals surface area contributed by atoms with Crippen molar-refractivity contribution in [2.45, 2.75) is 12.5 Å². The molecule has 8 heteroatoms. The first-order valence-corrected chi connectivity index (χ1v) is 7.49. The molecular weight excluding hydrogens is 332 g/mol. The summed E-state index contributed by atoms with van der Waals surface area (Å²) < 4.78 is 31.8. The molecule has 3 rings (SSSR count). The SMILES string of the molecule is CC1(c2cccc(NC(=O)c3ncc(F)cc3F)c2)COCC(=O)N1. The Morgan fingerprint density at radius 2 is 2.16 bits per heavy atom. The van der Waals surface area contributed by atoms with Gasteiger partial charge in [0.1, 0.15) is 12.4 Å². The van der Waals surface area contributed by atoms with Crippen LogP contribution in [0.1, 0.15) is 23.0 Å². The van der Waals surface area contributed by atoms with Gasteiger partial charge in [0, 0.05) is 11.8 Å². The molecule has 0 saturated carbocycles. The molecule has 2 heterocycles. The lowest BCUT2D eigenvalue weighted by molar-refractivity contribution is -0.135. The molecular formula is C17H15F2N3O3. The third-order valence-corrected chi connectivity index (χ3v) is 3.82. The summed E-state index contributed by atoms with van der Waals surface area (Å²) in [6.45, 7) is 2.08. The summed E-state index contributed by atoms with van der Waals surface area (Å²) in [4.78, 5) is 27.2. The third kappa shape index (κ3) is 3.63. The highest BCUT2D eigenvalue weighted by Gasteiger charge is 2.33. The van der Waals surface area contributed by atoms with Crippen molar-refractivity contribution in [3.63, 3.8) is 0 Å². The number of carbonyl (C=O) groups is 2. The molecule has 0 radical (unpaired) electrons. The molecule has 0 bridgehead atoms. The quantitative estimate of drug-likeness (QED) is 0.890. The van der Waals surface area contributed by atoms with Crippen molar-refractivity contribution >= 4 is 17.5 Å². The maximum atomic E-state index is 13.7. The van der Waals surface area contributed by atoms with E-state index in [1.54, 1.807) is 31.2 Å². The van der Waals surface area contributed by atoms with Gasteiger partial charge in [-0.2, -0.15) is 0 Å². The predicted octanol–water partition coefficient (Wildman–Crippen LogP) is 1.97. The highest BCUT2D eigenvalue weighted by atomic mass is 19.1. The molecule has 1 aromatic heterocycles. The summed E-state index contributed by atoms with van der Waals surface area (Å²) in [5.41, 5.74) is -0.151. The molecule has 1 aliphatic heterocycles. The van der Waals surface area contributed by atoms with Crippen molar-refractivity contribution in [3.05, 3.63) is 59.4 Å². The summed E-state index contributed by atoms with van der Waals surface area (Å²) in [5, 5.41) is 5.35. The zero-order valence-corrected chi connectivity index (χ0v) is 13.3. The standard InChI is InChI=1S/C17H15F2N3O3/c1-17(9-25-8-14(23)22-17)10-3-2-4-12(5-10)21-16(24)15-13(19)6-11(18)7-20-15/h2-7H,8-9H2,1H3,(H,21,24)(H,22,23). The number of rotatable bonds is 3. The first kappa shape index (κ1) is 17.0. The number of benzene rings is 1. The number of nitrogens with zero attached hydrogens (tertiary/aromatic N) is 1. The van der Waals surface area contributed by atoms with E-state index in [9.17, 15) is 18.4 Å². The van der Waals surface area contributed by atoms with Crippen LogP contribution in [0.2, 0.25) is 0 Å². The maximum Gasteiger partial charge on any atom is 0.277 e. The topological polar surface area (TPSA) is 80.3 Å². The molecule has 0 aliphatic carbocycles. The number of amides is 2. The fourth-order valence-corrected chi connectivity index (χ4v) is 2.60. The number of aromatic nitrogens is 1. The second-order valence-corrected chi connectivity index (χ2v) is 5.89. The van der Waals surface area contributed by atoms with Gasteiger partial charge in [-0.3, -0.25) is 9.59 Å². The van der Waals surface area contributed by atoms with Crippen molar-refractivity contribution < 1.29 is 23.1 Å². The van der Waals surface area contributed by atoms with Crippen LogP contribution in [0.3, 0.4) is 0 Å². The lowest BCUT2D eigenvalue weighted by Gasteiger charge is -2.35. The second-order valence-electron chi connectivity index (χ2n) is 5.89. The summed E-state index contributed by atoms with van der Waals surface area (Å²) in [6.07, 6.45) is 0.768. The highest BCUT2D eigenvalue weighted by Crippen LogP contribution is 2.26. The summed E-state index contributed by atoms with van der Waals surface area (Å²) in [6, 6.07) is 7.31. The van der Waals surface area contributed by atoms with Crippen molar-refractivity contribution in [2.75, 3.05) is 18.5 Å². The van der Waals surface area contributed by atoms with Crippen LogP contribution < -0.4 is 10.6 Å². The van der Waals surface area contributed by atoms with E-state index in [4.69, 9.17) is 4.74 Å². The van der Waals surface area contributed by atoms with Gasteiger partial charge in [0.15, 0.2) is 11.5 Å². The molecule has 25 heavy (non-hydrogen) atoms. The third-order valence-electron chi connectivity index (χ3n) is 3.82. The summed E-state index contributed by atoms with van der Waals surface area (Å²) in [7, 11) is 0. The molecule has 1 fully saturated rings. The van der Waals surface area contributed by atoms with Crippen LogP contribution in [0, 0.1) is 11.6 Å². The lowest BCUT2D eigenvalue weighted by Crippen LogP contribution is -2.52. The fraction of sp³-hybridized carbons (Fsp3) is 0.235. The van der Waals surface area contributed by atoms with Crippen LogP contribution in [0.5, 0.6) is 0 Å². The minimum atomic E-state index is -1.05. The number of carbonyl (C=O) groups excluding carboxylic acids is 2. The van der Waals surface area contributed by atoms with Crippen LogP contribution in [0.15, 0.2) is 36.5 Å². The Balaban J connectivity index is 1.82. The largest absolute Gasteiger partial charge is 0.369 e. The normalized spacial score (nSPS) is 20.0. The molecule has 2 N–H and O–H groups in total. The van der Waals surface area contributed by atoms with Crippen LogP contribution in [0.25, 0.3) is 0 Å². The summed E-state index contributed by atoms with van der Waals surface area (Å²) in [5.74, 6) is -2.95. The number of halogens is 2. The van der Waals surface area contributed by atoms with Gasteiger partial charge in [-0.1, -0.05) is 12.1 Å². The number of nitrogens with one attached hydrogen (secondary N) is 2.